The molecule has 1 aromatic carbocycles. The maximum Gasteiger partial charge on any atom is 0.251 e. The van der Waals surface area contributed by atoms with Gasteiger partial charge in [-0.25, -0.2) is 0 Å². The summed E-state index contributed by atoms with van der Waals surface area (Å²) < 4.78 is 1.93. The maximum absolute atomic E-state index is 12.5. The number of nitrogens with zero attached hydrogens (tertiary/aromatic N) is 3. The van der Waals surface area contributed by atoms with E-state index in [1.807, 2.05) is 53.1 Å². The molecule has 122 valence electrons. The first-order chi connectivity index (χ1) is 11.8. The highest BCUT2D eigenvalue weighted by Gasteiger charge is 2.17. The van der Waals surface area contributed by atoms with E-state index in [1.165, 1.54) is 19.3 Å². The van der Waals surface area contributed by atoms with Crippen LogP contribution < -0.4 is 5.32 Å². The lowest BCUT2D eigenvalue weighted by Crippen LogP contribution is -2.36. The van der Waals surface area contributed by atoms with Gasteiger partial charge in [0.25, 0.3) is 5.91 Å². The molecular weight excluding hydrogens is 300 g/mol. The van der Waals surface area contributed by atoms with Crippen LogP contribution in [-0.2, 0) is 0 Å². The summed E-state index contributed by atoms with van der Waals surface area (Å²) in [5, 5.41) is 11.6. The van der Waals surface area contributed by atoms with Crippen molar-refractivity contribution in [2.45, 2.75) is 38.1 Å². The van der Waals surface area contributed by atoms with Gasteiger partial charge in [0.15, 0.2) is 11.5 Å². The van der Waals surface area contributed by atoms with E-state index in [-0.39, 0.29) is 5.91 Å². The van der Waals surface area contributed by atoms with Gasteiger partial charge in [-0.2, -0.15) is 0 Å². The smallest absolute Gasteiger partial charge is 0.251 e. The third kappa shape index (κ3) is 2.89. The average molecular weight is 320 g/mol. The number of amides is 1. The van der Waals surface area contributed by atoms with Gasteiger partial charge < -0.3 is 5.32 Å². The summed E-state index contributed by atoms with van der Waals surface area (Å²) in [5.41, 5.74) is 2.36. The van der Waals surface area contributed by atoms with E-state index in [2.05, 4.69) is 15.5 Å². The second-order valence-electron chi connectivity index (χ2n) is 6.34. The fourth-order valence-electron chi connectivity index (χ4n) is 3.35. The third-order valence-corrected chi connectivity index (χ3v) is 4.64. The molecule has 3 aromatic rings. The Labute approximate surface area is 140 Å². The highest BCUT2D eigenvalue weighted by Crippen LogP contribution is 2.21. The molecule has 0 saturated heterocycles. The number of rotatable bonds is 3. The van der Waals surface area contributed by atoms with Crippen molar-refractivity contribution in [2.24, 2.45) is 0 Å². The minimum absolute atomic E-state index is 0.00225. The van der Waals surface area contributed by atoms with E-state index in [0.29, 0.717) is 11.6 Å². The third-order valence-electron chi connectivity index (χ3n) is 4.64. The summed E-state index contributed by atoms with van der Waals surface area (Å²) in [6.45, 7) is 0. The molecule has 0 atom stereocenters. The van der Waals surface area contributed by atoms with Crippen molar-refractivity contribution in [3.8, 4) is 11.4 Å². The first-order valence-electron chi connectivity index (χ1n) is 8.52. The van der Waals surface area contributed by atoms with E-state index in [0.717, 1.165) is 29.9 Å². The molecule has 24 heavy (non-hydrogen) atoms. The number of hydrogen-bond donors (Lipinski definition) is 1. The summed E-state index contributed by atoms with van der Waals surface area (Å²) in [4.78, 5) is 12.5. The molecule has 1 N–H and O–H groups in total. The van der Waals surface area contributed by atoms with Crippen LogP contribution in [0.4, 0.5) is 0 Å². The number of carbonyl (C=O) groups excluding carboxylic acids is 1. The van der Waals surface area contributed by atoms with Crippen LogP contribution in [0, 0.1) is 0 Å². The molecule has 0 unspecified atom stereocenters. The summed E-state index contributed by atoms with van der Waals surface area (Å²) >= 11 is 0. The molecule has 1 amide bonds. The number of benzene rings is 1. The predicted octanol–water partition coefficient (Wildman–Crippen LogP) is 3.46. The second-order valence-corrected chi connectivity index (χ2v) is 6.34. The van der Waals surface area contributed by atoms with Gasteiger partial charge in [0, 0.05) is 23.4 Å². The van der Waals surface area contributed by atoms with Crippen LogP contribution in [0.3, 0.4) is 0 Å². The Bertz CT molecular complexity index is 864. The van der Waals surface area contributed by atoms with Gasteiger partial charge in [0.05, 0.1) is 0 Å². The van der Waals surface area contributed by atoms with Crippen molar-refractivity contribution < 1.29 is 4.79 Å². The average Bonchev–Trinajstić information content (AvgIpc) is 3.07. The Kier molecular flexibility index (Phi) is 3.99. The van der Waals surface area contributed by atoms with Crippen molar-refractivity contribution in [1.29, 1.82) is 0 Å². The number of carbonyl (C=O) groups is 1. The standard InChI is InChI=1S/C19H20N4O/c24-19(20-16-9-2-1-3-10-16)15-8-6-7-14(13-15)18-22-21-17-11-4-5-12-23(17)18/h4-8,11-13,16H,1-3,9-10H2,(H,20,24). The quantitative estimate of drug-likeness (QED) is 0.804. The highest BCUT2D eigenvalue weighted by atomic mass is 16.1. The first kappa shape index (κ1) is 14.9. The van der Waals surface area contributed by atoms with Crippen molar-refractivity contribution in [3.63, 3.8) is 0 Å². The molecule has 1 aliphatic rings. The Morgan fingerprint density at radius 2 is 1.92 bits per heavy atom. The Balaban J connectivity index is 1.60. The van der Waals surface area contributed by atoms with Crippen LogP contribution in [0.1, 0.15) is 42.5 Å². The normalized spacial score (nSPS) is 15.5. The highest BCUT2D eigenvalue weighted by molar-refractivity contribution is 5.95. The lowest BCUT2D eigenvalue weighted by molar-refractivity contribution is 0.0928. The molecular formula is C19H20N4O. The van der Waals surface area contributed by atoms with Gasteiger partial charge in [-0.1, -0.05) is 37.5 Å². The molecule has 2 heterocycles. The van der Waals surface area contributed by atoms with Gasteiger partial charge >= 0.3 is 0 Å². The van der Waals surface area contributed by atoms with Gasteiger partial charge in [-0.05, 0) is 37.1 Å². The van der Waals surface area contributed by atoms with Crippen LogP contribution >= 0.6 is 0 Å². The van der Waals surface area contributed by atoms with E-state index >= 15 is 0 Å². The molecule has 0 aliphatic heterocycles. The zero-order valence-corrected chi connectivity index (χ0v) is 13.5. The molecule has 1 saturated carbocycles. The molecule has 0 radical (unpaired) electrons. The van der Waals surface area contributed by atoms with E-state index in [4.69, 9.17) is 0 Å². The molecule has 1 aliphatic carbocycles. The monoisotopic (exact) mass is 320 g/mol. The zero-order chi connectivity index (χ0) is 16.4. The van der Waals surface area contributed by atoms with Crippen LogP contribution in [0.5, 0.6) is 0 Å². The molecule has 5 nitrogen and oxygen atoms in total. The van der Waals surface area contributed by atoms with E-state index < -0.39 is 0 Å². The summed E-state index contributed by atoms with van der Waals surface area (Å²) in [6.07, 6.45) is 7.79. The molecule has 0 bridgehead atoms. The van der Waals surface area contributed by atoms with Gasteiger partial charge in [-0.3, -0.25) is 9.20 Å². The van der Waals surface area contributed by atoms with Crippen LogP contribution in [0.2, 0.25) is 0 Å². The molecule has 4 rings (SSSR count). The van der Waals surface area contributed by atoms with Crippen molar-refractivity contribution >= 4 is 11.6 Å². The molecule has 0 spiro atoms. The number of aromatic nitrogens is 3. The number of hydrogen-bond acceptors (Lipinski definition) is 3. The summed E-state index contributed by atoms with van der Waals surface area (Å²) in [5.74, 6) is 0.746. The fourth-order valence-corrected chi connectivity index (χ4v) is 3.35. The van der Waals surface area contributed by atoms with Gasteiger partial charge in [-0.15, -0.1) is 10.2 Å². The molecule has 5 heteroatoms. The fraction of sp³-hybridized carbons (Fsp3) is 0.316. The molecule has 2 aromatic heterocycles. The summed E-state index contributed by atoms with van der Waals surface area (Å²) in [7, 11) is 0. The Morgan fingerprint density at radius 3 is 2.79 bits per heavy atom. The largest absolute Gasteiger partial charge is 0.349 e. The van der Waals surface area contributed by atoms with Crippen LogP contribution in [0.15, 0.2) is 48.7 Å². The number of pyridine rings is 1. The topological polar surface area (TPSA) is 59.3 Å². The number of nitrogens with one attached hydrogen (secondary N) is 1. The van der Waals surface area contributed by atoms with Crippen molar-refractivity contribution in [2.75, 3.05) is 0 Å². The van der Waals surface area contributed by atoms with E-state index in [1.54, 1.807) is 0 Å². The summed E-state index contributed by atoms with van der Waals surface area (Å²) in [6, 6.07) is 13.7. The SMILES string of the molecule is O=C(NC1CCCCC1)c1cccc(-c2nnc3ccccn23)c1. The zero-order valence-electron chi connectivity index (χ0n) is 13.5. The Morgan fingerprint density at radius 1 is 1.04 bits per heavy atom. The van der Waals surface area contributed by atoms with Crippen LogP contribution in [-0.4, -0.2) is 26.5 Å². The minimum atomic E-state index is -0.00225. The predicted molar refractivity (Wildman–Crippen MR) is 92.8 cm³/mol. The number of fused-ring (bicyclic) bond motifs is 1. The Hall–Kier alpha value is -2.69. The van der Waals surface area contributed by atoms with Crippen molar-refractivity contribution in [1.82, 2.24) is 19.9 Å². The van der Waals surface area contributed by atoms with E-state index in [9.17, 15) is 4.79 Å². The first-order valence-corrected chi connectivity index (χ1v) is 8.52. The maximum atomic E-state index is 12.5. The second kappa shape index (κ2) is 6.43. The lowest BCUT2D eigenvalue weighted by Gasteiger charge is -2.22. The van der Waals surface area contributed by atoms with Gasteiger partial charge in [0.2, 0.25) is 0 Å². The van der Waals surface area contributed by atoms with Crippen molar-refractivity contribution in [3.05, 3.63) is 54.2 Å². The van der Waals surface area contributed by atoms with Crippen LogP contribution in [0.25, 0.3) is 17.0 Å². The minimum Gasteiger partial charge on any atom is -0.349 e. The van der Waals surface area contributed by atoms with Gasteiger partial charge in [0.1, 0.15) is 0 Å². The molecule has 1 fully saturated rings. The lowest BCUT2D eigenvalue weighted by atomic mass is 9.95.